The van der Waals surface area contributed by atoms with Gasteiger partial charge >= 0.3 is 0 Å². The summed E-state index contributed by atoms with van der Waals surface area (Å²) in [4.78, 5) is 0. The first-order chi connectivity index (χ1) is 8.63. The summed E-state index contributed by atoms with van der Waals surface area (Å²) < 4.78 is 6.39. The van der Waals surface area contributed by atoms with Gasteiger partial charge in [-0.15, -0.1) is 0 Å². The summed E-state index contributed by atoms with van der Waals surface area (Å²) in [6.07, 6.45) is 11.7. The van der Waals surface area contributed by atoms with Crippen LogP contribution in [0.5, 0.6) is 0 Å². The van der Waals surface area contributed by atoms with Crippen molar-refractivity contribution in [1.29, 1.82) is 0 Å². The second-order valence-electron chi connectivity index (χ2n) is 6.94. The molecule has 1 N–H and O–H groups in total. The molecule has 1 saturated carbocycles. The number of rotatable bonds is 5. The van der Waals surface area contributed by atoms with E-state index in [4.69, 9.17) is 4.74 Å². The zero-order valence-corrected chi connectivity index (χ0v) is 12.2. The van der Waals surface area contributed by atoms with Crippen molar-refractivity contribution < 1.29 is 9.84 Å². The van der Waals surface area contributed by atoms with E-state index in [1.54, 1.807) is 0 Å². The Hall–Kier alpha value is -0.0800. The lowest BCUT2D eigenvalue weighted by Crippen LogP contribution is -2.32. The quantitative estimate of drug-likeness (QED) is 0.806. The molecule has 1 aliphatic heterocycles. The fraction of sp³-hybridized carbons (Fsp3) is 1.00. The average molecular weight is 254 g/mol. The molecule has 2 atom stereocenters. The van der Waals surface area contributed by atoms with Gasteiger partial charge < -0.3 is 9.84 Å². The largest absolute Gasteiger partial charge is 0.396 e. The normalized spacial score (nSPS) is 29.0. The molecule has 2 nitrogen and oxygen atoms in total. The lowest BCUT2D eigenvalue weighted by atomic mass is 9.83. The Morgan fingerprint density at radius 1 is 1.17 bits per heavy atom. The molecule has 0 bridgehead atoms. The minimum Gasteiger partial charge on any atom is -0.396 e. The Morgan fingerprint density at radius 2 is 1.89 bits per heavy atom. The van der Waals surface area contributed by atoms with Crippen molar-refractivity contribution in [3.63, 3.8) is 0 Å². The maximum absolute atomic E-state index is 9.48. The molecule has 1 saturated heterocycles. The van der Waals surface area contributed by atoms with Crippen molar-refractivity contribution in [1.82, 2.24) is 0 Å². The Bertz CT molecular complexity index is 243. The topological polar surface area (TPSA) is 29.5 Å². The van der Waals surface area contributed by atoms with Gasteiger partial charge in [0.25, 0.3) is 0 Å². The molecule has 0 aromatic rings. The molecule has 2 heteroatoms. The predicted molar refractivity (Wildman–Crippen MR) is 74.6 cm³/mol. The van der Waals surface area contributed by atoms with Crippen LogP contribution in [-0.4, -0.2) is 23.4 Å². The molecular formula is C16H30O2. The van der Waals surface area contributed by atoms with Crippen LogP contribution in [-0.2, 0) is 4.74 Å². The first-order valence-corrected chi connectivity index (χ1v) is 7.92. The van der Waals surface area contributed by atoms with Gasteiger partial charge in [-0.2, -0.15) is 0 Å². The zero-order valence-electron chi connectivity index (χ0n) is 12.2. The molecule has 0 aromatic carbocycles. The Morgan fingerprint density at radius 3 is 2.50 bits per heavy atom. The van der Waals surface area contributed by atoms with Crippen LogP contribution in [0.15, 0.2) is 0 Å². The third-order valence-electron chi connectivity index (χ3n) is 4.76. The second kappa shape index (κ2) is 6.38. The predicted octanol–water partition coefficient (Wildman–Crippen LogP) is 3.91. The minimum atomic E-state index is 0.237. The molecule has 0 radical (unpaired) electrons. The van der Waals surface area contributed by atoms with Crippen molar-refractivity contribution in [2.24, 2.45) is 11.8 Å². The van der Waals surface area contributed by atoms with Gasteiger partial charge in [-0.1, -0.05) is 33.1 Å². The van der Waals surface area contributed by atoms with Crippen LogP contribution in [0.3, 0.4) is 0 Å². The van der Waals surface area contributed by atoms with Crippen LogP contribution >= 0.6 is 0 Å². The molecular weight excluding hydrogens is 224 g/mol. The molecule has 1 spiro atoms. The van der Waals surface area contributed by atoms with Crippen LogP contribution in [0.25, 0.3) is 0 Å². The third kappa shape index (κ3) is 3.71. The lowest BCUT2D eigenvalue weighted by molar-refractivity contribution is -0.0723. The molecule has 1 aliphatic carbocycles. The number of hydrogen-bond acceptors (Lipinski definition) is 2. The van der Waals surface area contributed by atoms with E-state index < -0.39 is 0 Å². The van der Waals surface area contributed by atoms with Crippen LogP contribution in [0, 0.1) is 11.8 Å². The summed E-state index contributed by atoms with van der Waals surface area (Å²) in [6.45, 7) is 4.80. The summed E-state index contributed by atoms with van der Waals surface area (Å²) in [5.74, 6) is 1.11. The molecule has 106 valence electrons. The lowest BCUT2D eigenvalue weighted by Gasteiger charge is -2.33. The first-order valence-electron chi connectivity index (χ1n) is 7.92. The van der Waals surface area contributed by atoms with Crippen LogP contribution in [0.2, 0.25) is 0 Å². The maximum Gasteiger partial charge on any atom is 0.0687 e. The van der Waals surface area contributed by atoms with E-state index in [0.29, 0.717) is 24.5 Å². The van der Waals surface area contributed by atoms with Gasteiger partial charge in [-0.25, -0.2) is 0 Å². The van der Waals surface area contributed by atoms with Gasteiger partial charge in [0.1, 0.15) is 0 Å². The number of ether oxygens (including phenoxy) is 1. The third-order valence-corrected chi connectivity index (χ3v) is 4.76. The summed E-state index contributed by atoms with van der Waals surface area (Å²) in [6, 6.07) is 0. The first kappa shape index (κ1) is 14.3. The van der Waals surface area contributed by atoms with Gasteiger partial charge in [-0.05, 0) is 50.4 Å². The van der Waals surface area contributed by atoms with Gasteiger partial charge in [0, 0.05) is 6.61 Å². The fourth-order valence-electron chi connectivity index (χ4n) is 3.91. The van der Waals surface area contributed by atoms with Gasteiger partial charge in [-0.3, -0.25) is 0 Å². The molecule has 2 fully saturated rings. The fourth-order valence-corrected chi connectivity index (χ4v) is 3.91. The van der Waals surface area contributed by atoms with Crippen LogP contribution in [0.1, 0.15) is 71.6 Å². The smallest absolute Gasteiger partial charge is 0.0687 e. The molecule has 2 unspecified atom stereocenters. The molecule has 0 amide bonds. The summed E-state index contributed by atoms with van der Waals surface area (Å²) in [5, 5.41) is 9.48. The van der Waals surface area contributed by atoms with Crippen molar-refractivity contribution in [3.8, 4) is 0 Å². The Labute approximate surface area is 112 Å². The van der Waals surface area contributed by atoms with Crippen LogP contribution < -0.4 is 0 Å². The molecule has 1 heterocycles. The second-order valence-corrected chi connectivity index (χ2v) is 6.94. The van der Waals surface area contributed by atoms with Gasteiger partial charge in [0.15, 0.2) is 0 Å². The van der Waals surface area contributed by atoms with E-state index in [0.717, 1.165) is 12.8 Å². The van der Waals surface area contributed by atoms with Crippen LogP contribution in [0.4, 0.5) is 0 Å². The summed E-state index contributed by atoms with van der Waals surface area (Å²) >= 11 is 0. The number of aliphatic hydroxyl groups excluding tert-OH is 1. The molecule has 18 heavy (non-hydrogen) atoms. The highest BCUT2D eigenvalue weighted by Gasteiger charge is 2.41. The minimum absolute atomic E-state index is 0.237. The molecule has 0 aromatic heterocycles. The van der Waals surface area contributed by atoms with E-state index >= 15 is 0 Å². The van der Waals surface area contributed by atoms with E-state index in [-0.39, 0.29) is 5.60 Å². The SMILES string of the molecule is CC(C)CC(CO)CC1CCC2(CCCCC2)O1. The van der Waals surface area contributed by atoms with Crippen molar-refractivity contribution in [2.75, 3.05) is 6.61 Å². The maximum atomic E-state index is 9.48. The Kier molecular flexibility index (Phi) is 5.08. The number of aliphatic hydroxyl groups is 1. The highest BCUT2D eigenvalue weighted by molar-refractivity contribution is 4.91. The van der Waals surface area contributed by atoms with Gasteiger partial charge in [0.2, 0.25) is 0 Å². The highest BCUT2D eigenvalue weighted by atomic mass is 16.5. The zero-order chi connectivity index (χ0) is 13.0. The van der Waals surface area contributed by atoms with E-state index in [2.05, 4.69) is 13.8 Å². The van der Waals surface area contributed by atoms with Crippen molar-refractivity contribution in [3.05, 3.63) is 0 Å². The highest BCUT2D eigenvalue weighted by Crippen LogP contribution is 2.43. The molecule has 2 rings (SSSR count). The van der Waals surface area contributed by atoms with E-state index in [1.807, 2.05) is 0 Å². The van der Waals surface area contributed by atoms with Gasteiger partial charge in [0.05, 0.1) is 11.7 Å². The summed E-state index contributed by atoms with van der Waals surface area (Å²) in [5.41, 5.74) is 0.237. The molecule has 2 aliphatic rings. The van der Waals surface area contributed by atoms with Crippen molar-refractivity contribution in [2.45, 2.75) is 83.3 Å². The average Bonchev–Trinajstić information content (AvgIpc) is 2.71. The van der Waals surface area contributed by atoms with E-state index in [1.165, 1.54) is 44.9 Å². The summed E-state index contributed by atoms with van der Waals surface area (Å²) in [7, 11) is 0. The number of hydrogen-bond donors (Lipinski definition) is 1. The monoisotopic (exact) mass is 254 g/mol. The van der Waals surface area contributed by atoms with Crippen molar-refractivity contribution >= 4 is 0 Å². The Balaban J connectivity index is 1.80. The van der Waals surface area contributed by atoms with E-state index in [9.17, 15) is 5.11 Å². The standard InChI is InChI=1S/C16H30O2/c1-13(2)10-14(12-17)11-15-6-9-16(18-15)7-4-3-5-8-16/h13-15,17H,3-12H2,1-2H3.